The fourth-order valence-electron chi connectivity index (χ4n) is 2.58. The molecule has 0 fully saturated rings. The highest BCUT2D eigenvalue weighted by atomic mass is 35.5. The third-order valence-corrected chi connectivity index (χ3v) is 3.97. The van der Waals surface area contributed by atoms with Gasteiger partial charge < -0.3 is 10.3 Å². The van der Waals surface area contributed by atoms with E-state index in [1.807, 2.05) is 25.1 Å². The van der Waals surface area contributed by atoms with Crippen LogP contribution < -0.4 is 5.73 Å². The van der Waals surface area contributed by atoms with Gasteiger partial charge in [0.25, 0.3) is 0 Å². The lowest BCUT2D eigenvalue weighted by atomic mass is 10.1. The molecule has 1 heterocycles. The fraction of sp³-hybridized carbons (Fsp3) is 0.471. The van der Waals surface area contributed by atoms with Crippen molar-refractivity contribution in [2.24, 2.45) is 0 Å². The Kier molecular flexibility index (Phi) is 5.29. The number of nitrogens with two attached hydrogens (primary N) is 1. The molecule has 2 N–H and O–H groups in total. The Balaban J connectivity index is 2.48. The number of benzene rings is 1. The average molecular weight is 306 g/mol. The molecule has 2 rings (SSSR count). The molecule has 0 saturated carbocycles. The lowest BCUT2D eigenvalue weighted by Crippen LogP contribution is -2.07. The molecular weight excluding hydrogens is 282 g/mol. The van der Waals surface area contributed by atoms with E-state index in [-0.39, 0.29) is 0 Å². The third-order valence-electron chi connectivity index (χ3n) is 3.74. The van der Waals surface area contributed by atoms with Crippen LogP contribution in [0.5, 0.6) is 0 Å². The molecule has 0 bridgehead atoms. The molecule has 0 spiro atoms. The number of imidazole rings is 1. The summed E-state index contributed by atoms with van der Waals surface area (Å²) in [5, 5.41) is 0.744. The van der Waals surface area contributed by atoms with Gasteiger partial charge in [0, 0.05) is 23.6 Å². The van der Waals surface area contributed by atoms with Gasteiger partial charge in [-0.05, 0) is 37.5 Å². The molecule has 0 unspecified atom stereocenters. The quantitative estimate of drug-likeness (QED) is 0.829. The van der Waals surface area contributed by atoms with Gasteiger partial charge in [-0.1, -0.05) is 37.9 Å². The SMILES string of the molecule is CCCCn1c(CCC)nc(-c2ccc(Cl)cc2C)c1N. The molecule has 1 aromatic carbocycles. The maximum absolute atomic E-state index is 6.38. The Morgan fingerprint density at radius 3 is 2.62 bits per heavy atom. The standard InChI is InChI=1S/C17H24ClN3/c1-4-6-10-21-15(7-5-2)20-16(17(21)19)14-9-8-13(18)11-12(14)3/h8-9,11H,4-7,10,19H2,1-3H3. The van der Waals surface area contributed by atoms with Crippen molar-refractivity contribution < 1.29 is 0 Å². The Bertz CT molecular complexity index is 617. The highest BCUT2D eigenvalue weighted by molar-refractivity contribution is 6.30. The largest absolute Gasteiger partial charge is 0.383 e. The van der Waals surface area contributed by atoms with Crippen LogP contribution in [-0.2, 0) is 13.0 Å². The minimum absolute atomic E-state index is 0.744. The first kappa shape index (κ1) is 15.9. The van der Waals surface area contributed by atoms with E-state index in [9.17, 15) is 0 Å². The molecule has 2 aromatic rings. The number of aryl methyl sites for hydroxylation is 2. The van der Waals surface area contributed by atoms with Crippen LogP contribution in [0.1, 0.15) is 44.5 Å². The first-order valence-electron chi connectivity index (χ1n) is 7.69. The zero-order chi connectivity index (χ0) is 15.4. The van der Waals surface area contributed by atoms with Crippen molar-refractivity contribution in [2.75, 3.05) is 5.73 Å². The summed E-state index contributed by atoms with van der Waals surface area (Å²) in [6.45, 7) is 7.35. The molecule has 0 aliphatic heterocycles. The molecule has 0 atom stereocenters. The van der Waals surface area contributed by atoms with Gasteiger partial charge in [-0.2, -0.15) is 0 Å². The van der Waals surface area contributed by atoms with Crippen LogP contribution in [0.3, 0.4) is 0 Å². The Hall–Kier alpha value is -1.48. The van der Waals surface area contributed by atoms with Gasteiger partial charge in [-0.15, -0.1) is 0 Å². The van der Waals surface area contributed by atoms with Crippen LogP contribution in [0, 0.1) is 6.92 Å². The first-order valence-corrected chi connectivity index (χ1v) is 8.07. The maximum Gasteiger partial charge on any atom is 0.131 e. The summed E-state index contributed by atoms with van der Waals surface area (Å²) in [6.07, 6.45) is 4.30. The second-order valence-electron chi connectivity index (χ2n) is 5.48. The average Bonchev–Trinajstić information content (AvgIpc) is 2.74. The summed E-state index contributed by atoms with van der Waals surface area (Å²) in [6, 6.07) is 5.87. The first-order chi connectivity index (χ1) is 10.1. The monoisotopic (exact) mass is 305 g/mol. The zero-order valence-corrected chi connectivity index (χ0v) is 13.9. The molecule has 0 aliphatic rings. The van der Waals surface area contributed by atoms with E-state index in [2.05, 4.69) is 18.4 Å². The van der Waals surface area contributed by atoms with Gasteiger partial charge in [0.15, 0.2) is 0 Å². The van der Waals surface area contributed by atoms with Crippen molar-refractivity contribution in [1.82, 2.24) is 9.55 Å². The highest BCUT2D eigenvalue weighted by Crippen LogP contribution is 2.31. The molecule has 21 heavy (non-hydrogen) atoms. The Morgan fingerprint density at radius 2 is 2.00 bits per heavy atom. The van der Waals surface area contributed by atoms with E-state index >= 15 is 0 Å². The predicted molar refractivity (Wildman–Crippen MR) is 90.7 cm³/mol. The van der Waals surface area contributed by atoms with Crippen molar-refractivity contribution in [3.63, 3.8) is 0 Å². The van der Waals surface area contributed by atoms with Gasteiger partial charge in [0.05, 0.1) is 0 Å². The van der Waals surface area contributed by atoms with Crippen LogP contribution >= 0.6 is 11.6 Å². The lowest BCUT2D eigenvalue weighted by molar-refractivity contribution is 0.604. The van der Waals surface area contributed by atoms with E-state index in [1.54, 1.807) is 0 Å². The molecule has 0 aliphatic carbocycles. The smallest absolute Gasteiger partial charge is 0.131 e. The van der Waals surface area contributed by atoms with Crippen molar-refractivity contribution in [2.45, 2.75) is 53.0 Å². The number of nitrogen functional groups attached to an aromatic ring is 1. The van der Waals surface area contributed by atoms with Crippen LogP contribution in [0.15, 0.2) is 18.2 Å². The fourth-order valence-corrected chi connectivity index (χ4v) is 2.81. The molecule has 4 heteroatoms. The number of anilines is 1. The van der Waals surface area contributed by atoms with Gasteiger partial charge >= 0.3 is 0 Å². The summed E-state index contributed by atoms with van der Waals surface area (Å²) in [5.41, 5.74) is 9.46. The van der Waals surface area contributed by atoms with E-state index in [0.717, 1.165) is 65.7 Å². The summed E-state index contributed by atoms with van der Waals surface area (Å²) in [5.74, 6) is 1.87. The Morgan fingerprint density at radius 1 is 1.24 bits per heavy atom. The summed E-state index contributed by atoms with van der Waals surface area (Å²) >= 11 is 6.04. The maximum atomic E-state index is 6.38. The van der Waals surface area contributed by atoms with Crippen molar-refractivity contribution in [3.8, 4) is 11.3 Å². The summed E-state index contributed by atoms with van der Waals surface area (Å²) in [4.78, 5) is 4.81. The topological polar surface area (TPSA) is 43.8 Å². The van der Waals surface area contributed by atoms with E-state index in [1.165, 1.54) is 0 Å². The highest BCUT2D eigenvalue weighted by Gasteiger charge is 2.16. The number of nitrogens with zero attached hydrogens (tertiary/aromatic N) is 2. The van der Waals surface area contributed by atoms with Crippen LogP contribution in [0.4, 0.5) is 5.82 Å². The minimum atomic E-state index is 0.744. The van der Waals surface area contributed by atoms with Crippen molar-refractivity contribution in [3.05, 3.63) is 34.6 Å². The van der Waals surface area contributed by atoms with Crippen LogP contribution in [0.25, 0.3) is 11.3 Å². The van der Waals surface area contributed by atoms with Crippen molar-refractivity contribution >= 4 is 17.4 Å². The van der Waals surface area contributed by atoms with E-state index in [4.69, 9.17) is 22.3 Å². The summed E-state index contributed by atoms with van der Waals surface area (Å²) in [7, 11) is 0. The summed E-state index contributed by atoms with van der Waals surface area (Å²) < 4.78 is 2.18. The number of unbranched alkanes of at least 4 members (excludes halogenated alkanes) is 1. The normalized spacial score (nSPS) is 11.0. The van der Waals surface area contributed by atoms with Gasteiger partial charge in [0.1, 0.15) is 17.3 Å². The second kappa shape index (κ2) is 6.99. The van der Waals surface area contributed by atoms with Gasteiger partial charge in [-0.3, -0.25) is 0 Å². The molecule has 3 nitrogen and oxygen atoms in total. The second-order valence-corrected chi connectivity index (χ2v) is 5.91. The molecular formula is C17H24ClN3. The van der Waals surface area contributed by atoms with Crippen LogP contribution in [-0.4, -0.2) is 9.55 Å². The molecule has 0 radical (unpaired) electrons. The number of hydrogen-bond acceptors (Lipinski definition) is 2. The van der Waals surface area contributed by atoms with Crippen molar-refractivity contribution in [1.29, 1.82) is 0 Å². The Labute approximate surface area is 132 Å². The number of hydrogen-bond donors (Lipinski definition) is 1. The minimum Gasteiger partial charge on any atom is -0.383 e. The van der Waals surface area contributed by atoms with Gasteiger partial charge in [-0.25, -0.2) is 4.98 Å². The molecule has 1 aromatic heterocycles. The molecule has 114 valence electrons. The van der Waals surface area contributed by atoms with Crippen LogP contribution in [0.2, 0.25) is 5.02 Å². The molecule has 0 saturated heterocycles. The van der Waals surface area contributed by atoms with E-state index in [0.29, 0.717) is 0 Å². The zero-order valence-electron chi connectivity index (χ0n) is 13.1. The number of aromatic nitrogens is 2. The molecule has 0 amide bonds. The number of rotatable bonds is 6. The predicted octanol–water partition coefficient (Wildman–Crippen LogP) is 4.85. The third kappa shape index (κ3) is 3.41. The van der Waals surface area contributed by atoms with E-state index < -0.39 is 0 Å². The van der Waals surface area contributed by atoms with Gasteiger partial charge in [0.2, 0.25) is 0 Å². The number of halogens is 1. The lowest BCUT2D eigenvalue weighted by Gasteiger charge is -2.09.